The first-order valence-electron chi connectivity index (χ1n) is 6.31. The number of pyridine rings is 2. The van der Waals surface area contributed by atoms with Crippen molar-refractivity contribution in [3.63, 3.8) is 0 Å². The van der Waals surface area contributed by atoms with Crippen LogP contribution in [0, 0.1) is 3.57 Å². The molecule has 1 aliphatic rings. The molecule has 2 aromatic rings. The van der Waals surface area contributed by atoms with Gasteiger partial charge >= 0.3 is 0 Å². The van der Waals surface area contributed by atoms with Crippen molar-refractivity contribution in [2.24, 2.45) is 0 Å². The van der Waals surface area contributed by atoms with E-state index in [2.05, 4.69) is 32.6 Å². The zero-order valence-corrected chi connectivity index (χ0v) is 16.6. The predicted octanol–water partition coefficient (Wildman–Crippen LogP) is 6.81. The molecule has 0 aliphatic carbocycles. The van der Waals surface area contributed by atoms with Crippen LogP contribution in [-0.4, -0.2) is 23.2 Å². The third kappa shape index (κ3) is 9.89. The third-order valence-electron chi connectivity index (χ3n) is 2.34. The molecule has 0 atom stereocenters. The van der Waals surface area contributed by atoms with Crippen LogP contribution in [0.2, 0.25) is 20.4 Å². The van der Waals surface area contributed by atoms with Crippen molar-refractivity contribution in [1.29, 1.82) is 0 Å². The highest BCUT2D eigenvalue weighted by atomic mass is 127. The van der Waals surface area contributed by atoms with Crippen LogP contribution in [0.1, 0.15) is 20.3 Å². The molecule has 0 amide bonds. The molecule has 0 saturated carbocycles. The molecule has 0 bridgehead atoms. The van der Waals surface area contributed by atoms with Crippen molar-refractivity contribution in [3.05, 3.63) is 54.5 Å². The van der Waals surface area contributed by atoms with E-state index in [4.69, 9.17) is 51.1 Å². The van der Waals surface area contributed by atoms with E-state index >= 15 is 0 Å². The molecule has 0 radical (unpaired) electrons. The van der Waals surface area contributed by atoms with E-state index in [9.17, 15) is 0 Å². The Morgan fingerprint density at radius 3 is 1.87 bits per heavy atom. The van der Waals surface area contributed by atoms with Crippen LogP contribution < -0.4 is 0 Å². The molecule has 1 saturated heterocycles. The number of rotatable bonds is 0. The van der Waals surface area contributed by atoms with Crippen LogP contribution in [0.4, 0.5) is 0 Å². The van der Waals surface area contributed by atoms with E-state index in [1.807, 2.05) is 0 Å². The van der Waals surface area contributed by atoms with Gasteiger partial charge in [0.1, 0.15) is 10.3 Å². The molecule has 0 aromatic carbocycles. The highest BCUT2D eigenvalue weighted by Gasteiger charge is 2.00. The van der Waals surface area contributed by atoms with Gasteiger partial charge in [0.2, 0.25) is 0 Å². The SMILES string of the molecule is C.C1CCOC1.Clc1cccnc1Cl.Clc1nccc(I)c1Cl. The van der Waals surface area contributed by atoms with Crippen molar-refractivity contribution in [2.45, 2.75) is 20.3 Å². The van der Waals surface area contributed by atoms with E-state index in [0.29, 0.717) is 20.4 Å². The predicted molar refractivity (Wildman–Crippen MR) is 108 cm³/mol. The van der Waals surface area contributed by atoms with E-state index < -0.39 is 0 Å². The second-order valence-corrected chi connectivity index (χ2v) is 6.66. The summed E-state index contributed by atoms with van der Waals surface area (Å²) in [5.41, 5.74) is 0. The van der Waals surface area contributed by atoms with E-state index in [0.717, 1.165) is 16.8 Å². The van der Waals surface area contributed by atoms with Crippen LogP contribution in [0.25, 0.3) is 0 Å². The molecule has 23 heavy (non-hydrogen) atoms. The minimum absolute atomic E-state index is 0. The summed E-state index contributed by atoms with van der Waals surface area (Å²) in [5, 5.41) is 1.74. The summed E-state index contributed by atoms with van der Waals surface area (Å²) in [6, 6.07) is 5.22. The number of aromatic nitrogens is 2. The van der Waals surface area contributed by atoms with E-state index in [-0.39, 0.29) is 7.43 Å². The maximum atomic E-state index is 5.68. The van der Waals surface area contributed by atoms with Crippen LogP contribution in [0.15, 0.2) is 30.6 Å². The van der Waals surface area contributed by atoms with Gasteiger partial charge in [-0.05, 0) is 53.6 Å². The van der Waals surface area contributed by atoms with Crippen LogP contribution >= 0.6 is 69.0 Å². The van der Waals surface area contributed by atoms with Crippen molar-refractivity contribution >= 4 is 69.0 Å². The largest absolute Gasteiger partial charge is 0.381 e. The number of ether oxygens (including phenoxy) is 1. The average Bonchev–Trinajstić information content (AvgIpc) is 3.08. The fourth-order valence-corrected chi connectivity index (χ4v) is 2.36. The van der Waals surface area contributed by atoms with Crippen molar-refractivity contribution < 1.29 is 4.74 Å². The molecule has 128 valence electrons. The summed E-state index contributed by atoms with van der Waals surface area (Å²) in [7, 11) is 0. The lowest BCUT2D eigenvalue weighted by Crippen LogP contribution is -1.78. The Morgan fingerprint density at radius 1 is 0.913 bits per heavy atom. The lowest BCUT2D eigenvalue weighted by Gasteiger charge is -1.93. The number of halogens is 5. The van der Waals surface area contributed by atoms with Gasteiger partial charge in [0.15, 0.2) is 0 Å². The van der Waals surface area contributed by atoms with E-state index in [1.54, 1.807) is 30.6 Å². The fourth-order valence-electron chi connectivity index (χ4n) is 1.27. The molecule has 2 aromatic heterocycles. The Balaban J connectivity index is 0.000000320. The number of hydrogen-bond acceptors (Lipinski definition) is 3. The zero-order valence-electron chi connectivity index (χ0n) is 11.4. The maximum absolute atomic E-state index is 5.68. The van der Waals surface area contributed by atoms with Gasteiger partial charge in [0, 0.05) is 29.2 Å². The smallest absolute Gasteiger partial charge is 0.148 e. The molecule has 8 heteroatoms. The van der Waals surface area contributed by atoms with Gasteiger partial charge < -0.3 is 4.74 Å². The van der Waals surface area contributed by atoms with E-state index in [1.165, 1.54) is 12.8 Å². The first-order chi connectivity index (χ1) is 10.5. The Hall–Kier alpha value is 0.150. The third-order valence-corrected chi connectivity index (χ3v) is 5.03. The maximum Gasteiger partial charge on any atom is 0.148 e. The lowest BCUT2D eigenvalue weighted by atomic mass is 10.4. The van der Waals surface area contributed by atoms with Gasteiger partial charge in [-0.25, -0.2) is 9.97 Å². The fraction of sp³-hybridized carbons (Fsp3) is 0.333. The van der Waals surface area contributed by atoms with Gasteiger partial charge in [-0.15, -0.1) is 0 Å². The van der Waals surface area contributed by atoms with Crippen molar-refractivity contribution in [3.8, 4) is 0 Å². The summed E-state index contributed by atoms with van der Waals surface area (Å²) >= 11 is 24.3. The van der Waals surface area contributed by atoms with Crippen LogP contribution in [-0.2, 0) is 4.74 Å². The van der Waals surface area contributed by atoms with Gasteiger partial charge in [0.25, 0.3) is 0 Å². The highest BCUT2D eigenvalue weighted by molar-refractivity contribution is 14.1. The van der Waals surface area contributed by atoms with Gasteiger partial charge in [0.05, 0.1) is 10.0 Å². The van der Waals surface area contributed by atoms with Gasteiger partial charge in [-0.3, -0.25) is 0 Å². The normalized spacial score (nSPS) is 12.2. The van der Waals surface area contributed by atoms with Gasteiger partial charge in [-0.1, -0.05) is 53.8 Å². The first kappa shape index (κ1) is 23.1. The second kappa shape index (κ2) is 13.4. The topological polar surface area (TPSA) is 35.0 Å². The molecular weight excluding hydrogens is 493 g/mol. The molecule has 1 aliphatic heterocycles. The standard InChI is InChI=1S/C5H2Cl2IN.C5H3Cl2N.C4H8O.CH4/c6-4-3(8)1-2-9-5(4)7;6-4-2-1-3-8-5(4)7;1-2-4-5-3-1;/h1-2H;1-3H;1-4H2;1H4. The Morgan fingerprint density at radius 2 is 1.52 bits per heavy atom. The lowest BCUT2D eigenvalue weighted by molar-refractivity contribution is 0.198. The average molecular weight is 510 g/mol. The summed E-state index contributed by atoms with van der Waals surface area (Å²) in [6.45, 7) is 2.00. The molecule has 1 fully saturated rings. The second-order valence-electron chi connectivity index (χ2n) is 3.99. The summed E-state index contributed by atoms with van der Waals surface area (Å²) in [5.74, 6) is 0. The number of hydrogen-bond donors (Lipinski definition) is 0. The minimum atomic E-state index is 0. The number of nitrogens with zero attached hydrogens (tertiary/aromatic N) is 2. The summed E-state index contributed by atoms with van der Waals surface area (Å²) in [4.78, 5) is 7.48. The van der Waals surface area contributed by atoms with Crippen LogP contribution in [0.3, 0.4) is 0 Å². The quantitative estimate of drug-likeness (QED) is 0.289. The zero-order chi connectivity index (χ0) is 16.4. The minimum Gasteiger partial charge on any atom is -0.381 e. The Labute approximate surface area is 170 Å². The van der Waals surface area contributed by atoms with Crippen molar-refractivity contribution in [1.82, 2.24) is 9.97 Å². The summed E-state index contributed by atoms with van der Waals surface area (Å²) in [6.07, 6.45) is 5.77. The molecule has 0 unspecified atom stereocenters. The monoisotopic (exact) mass is 508 g/mol. The Kier molecular flexibility index (Phi) is 13.5. The van der Waals surface area contributed by atoms with Crippen LogP contribution in [0.5, 0.6) is 0 Å². The molecule has 3 heterocycles. The molecule has 0 spiro atoms. The van der Waals surface area contributed by atoms with Crippen molar-refractivity contribution in [2.75, 3.05) is 13.2 Å². The summed E-state index contributed by atoms with van der Waals surface area (Å²) < 4.78 is 5.87. The highest BCUT2D eigenvalue weighted by Crippen LogP contribution is 2.23. The Bertz CT molecular complexity index is 534. The molecular formula is C15H17Cl4IN2O. The van der Waals surface area contributed by atoms with Gasteiger partial charge in [-0.2, -0.15) is 0 Å². The molecule has 0 N–H and O–H groups in total. The first-order valence-corrected chi connectivity index (χ1v) is 8.90. The molecule has 3 rings (SSSR count). The molecule has 3 nitrogen and oxygen atoms in total.